The first-order valence-corrected chi connectivity index (χ1v) is 10.9. The van der Waals surface area contributed by atoms with Crippen LogP contribution in [0.1, 0.15) is 70.6 Å². The lowest BCUT2D eigenvalue weighted by atomic mass is 9.68. The summed E-state index contributed by atoms with van der Waals surface area (Å²) in [7, 11) is 0. The van der Waals surface area contributed by atoms with Crippen molar-refractivity contribution in [2.75, 3.05) is 19.7 Å². The molecule has 2 amide bonds. The standard InChI is InChI=1S/C21H32N2O3/c24-19(16-6-7-16)22-12-8-17(9-13-22)23-20(25)18(26-14-15-4-5-15)21(23)10-2-1-3-11-21/h15-18H,1-14H2. The van der Waals surface area contributed by atoms with E-state index in [0.29, 0.717) is 23.8 Å². The SMILES string of the molecule is O=C(C1CC1)N1CCC(N2C(=O)C(OCC3CC3)C23CCCCC3)CC1. The number of β-lactam (4-membered cyclic amide) rings is 1. The largest absolute Gasteiger partial charge is 0.366 e. The Labute approximate surface area is 156 Å². The molecule has 5 nitrogen and oxygen atoms in total. The second-order valence-corrected chi connectivity index (χ2v) is 9.36. The molecule has 3 saturated carbocycles. The molecule has 0 aromatic heterocycles. The van der Waals surface area contributed by atoms with Crippen LogP contribution in [0, 0.1) is 11.8 Å². The Kier molecular flexibility index (Phi) is 4.26. The van der Waals surface area contributed by atoms with Crippen LogP contribution in [0.25, 0.3) is 0 Å². The maximum atomic E-state index is 13.0. The fourth-order valence-corrected chi connectivity index (χ4v) is 5.52. The van der Waals surface area contributed by atoms with Gasteiger partial charge in [-0.1, -0.05) is 19.3 Å². The second-order valence-electron chi connectivity index (χ2n) is 9.36. The van der Waals surface area contributed by atoms with Crippen molar-refractivity contribution < 1.29 is 14.3 Å². The number of nitrogens with zero attached hydrogens (tertiary/aromatic N) is 2. The summed E-state index contributed by atoms with van der Waals surface area (Å²) in [6.45, 7) is 2.43. The van der Waals surface area contributed by atoms with E-state index in [1.807, 2.05) is 4.90 Å². The topological polar surface area (TPSA) is 49.9 Å². The molecule has 2 aliphatic heterocycles. The van der Waals surface area contributed by atoms with Gasteiger partial charge in [-0.3, -0.25) is 9.59 Å². The average Bonchev–Trinajstić information content (AvgIpc) is 3.56. The summed E-state index contributed by atoms with van der Waals surface area (Å²) in [6, 6.07) is 0.310. The first kappa shape index (κ1) is 17.0. The van der Waals surface area contributed by atoms with E-state index in [9.17, 15) is 9.59 Å². The average molecular weight is 360 g/mol. The van der Waals surface area contributed by atoms with E-state index in [4.69, 9.17) is 4.74 Å². The molecule has 26 heavy (non-hydrogen) atoms. The smallest absolute Gasteiger partial charge is 0.254 e. The van der Waals surface area contributed by atoms with Crippen molar-refractivity contribution in [3.63, 3.8) is 0 Å². The quantitative estimate of drug-likeness (QED) is 0.709. The number of ether oxygens (including phenoxy) is 1. The number of hydrogen-bond acceptors (Lipinski definition) is 3. The molecule has 2 heterocycles. The Morgan fingerprint density at radius 2 is 1.69 bits per heavy atom. The Bertz CT molecular complexity index is 570. The van der Waals surface area contributed by atoms with Crippen molar-refractivity contribution in [3.8, 4) is 0 Å². The highest BCUT2D eigenvalue weighted by atomic mass is 16.5. The summed E-state index contributed by atoms with van der Waals surface area (Å²) in [4.78, 5) is 29.6. The number of likely N-dealkylation sites (tertiary alicyclic amines) is 2. The predicted molar refractivity (Wildman–Crippen MR) is 97.5 cm³/mol. The highest BCUT2D eigenvalue weighted by Crippen LogP contribution is 2.49. The van der Waals surface area contributed by atoms with Gasteiger partial charge in [-0.15, -0.1) is 0 Å². The van der Waals surface area contributed by atoms with Gasteiger partial charge in [0.1, 0.15) is 0 Å². The molecular weight excluding hydrogens is 328 g/mol. The first-order chi connectivity index (χ1) is 12.7. The van der Waals surface area contributed by atoms with Crippen LogP contribution < -0.4 is 0 Å². The predicted octanol–water partition coefficient (Wildman–Crippen LogP) is 2.73. The van der Waals surface area contributed by atoms with Crippen LogP contribution in [0.3, 0.4) is 0 Å². The minimum atomic E-state index is -0.186. The number of carbonyl (C=O) groups excluding carboxylic acids is 2. The molecule has 2 saturated heterocycles. The maximum absolute atomic E-state index is 13.0. The van der Waals surface area contributed by atoms with Crippen LogP contribution in [0.4, 0.5) is 0 Å². The fraction of sp³-hybridized carbons (Fsp3) is 0.905. The Balaban J connectivity index is 1.25. The van der Waals surface area contributed by atoms with Crippen LogP contribution in [0.2, 0.25) is 0 Å². The molecule has 0 aromatic carbocycles. The van der Waals surface area contributed by atoms with Gasteiger partial charge in [0.25, 0.3) is 5.91 Å². The van der Waals surface area contributed by atoms with Crippen molar-refractivity contribution in [2.24, 2.45) is 11.8 Å². The molecule has 0 N–H and O–H groups in total. The number of amides is 2. The summed E-state index contributed by atoms with van der Waals surface area (Å²) >= 11 is 0. The van der Waals surface area contributed by atoms with Gasteiger partial charge in [-0.25, -0.2) is 0 Å². The van der Waals surface area contributed by atoms with E-state index in [1.54, 1.807) is 0 Å². The van der Waals surface area contributed by atoms with Crippen LogP contribution in [0.15, 0.2) is 0 Å². The zero-order chi connectivity index (χ0) is 17.7. The van der Waals surface area contributed by atoms with Gasteiger partial charge in [-0.2, -0.15) is 0 Å². The van der Waals surface area contributed by atoms with Gasteiger partial charge in [0.05, 0.1) is 12.1 Å². The zero-order valence-corrected chi connectivity index (χ0v) is 15.8. The third-order valence-corrected chi connectivity index (χ3v) is 7.41. The third-order valence-electron chi connectivity index (χ3n) is 7.41. The molecule has 0 radical (unpaired) electrons. The molecule has 1 atom stereocenters. The van der Waals surface area contributed by atoms with Gasteiger partial charge in [0.2, 0.25) is 5.91 Å². The molecule has 0 bridgehead atoms. The lowest BCUT2D eigenvalue weighted by Gasteiger charge is -2.62. The monoisotopic (exact) mass is 360 g/mol. The maximum Gasteiger partial charge on any atom is 0.254 e. The minimum absolute atomic E-state index is 0.0302. The number of piperidine rings is 1. The molecule has 5 rings (SSSR count). The van der Waals surface area contributed by atoms with Crippen LogP contribution in [0.5, 0.6) is 0 Å². The lowest BCUT2D eigenvalue weighted by Crippen LogP contribution is -2.78. The minimum Gasteiger partial charge on any atom is -0.366 e. The van der Waals surface area contributed by atoms with E-state index in [2.05, 4.69) is 4.90 Å². The highest BCUT2D eigenvalue weighted by Gasteiger charge is 2.62. The molecule has 5 heteroatoms. The van der Waals surface area contributed by atoms with Gasteiger partial charge in [-0.05, 0) is 57.3 Å². The van der Waals surface area contributed by atoms with Crippen LogP contribution in [-0.4, -0.2) is 59.0 Å². The Morgan fingerprint density at radius 1 is 1.00 bits per heavy atom. The normalized spacial score (nSPS) is 32.0. The summed E-state index contributed by atoms with van der Waals surface area (Å²) < 4.78 is 6.17. The van der Waals surface area contributed by atoms with Crippen molar-refractivity contribution in [2.45, 2.75) is 88.3 Å². The van der Waals surface area contributed by atoms with E-state index < -0.39 is 0 Å². The summed E-state index contributed by atoms with van der Waals surface area (Å²) in [5.74, 6) is 1.60. The Hall–Kier alpha value is -1.10. The highest BCUT2D eigenvalue weighted by molar-refractivity contribution is 5.91. The molecular formula is C21H32N2O3. The van der Waals surface area contributed by atoms with Gasteiger partial charge in [0.15, 0.2) is 6.10 Å². The molecule has 5 aliphatic rings. The van der Waals surface area contributed by atoms with E-state index in [0.717, 1.165) is 58.2 Å². The fourth-order valence-electron chi connectivity index (χ4n) is 5.52. The van der Waals surface area contributed by atoms with Crippen LogP contribution in [-0.2, 0) is 14.3 Å². The Morgan fingerprint density at radius 3 is 2.31 bits per heavy atom. The zero-order valence-electron chi connectivity index (χ0n) is 15.8. The van der Waals surface area contributed by atoms with Gasteiger partial charge >= 0.3 is 0 Å². The molecule has 0 aromatic rings. The molecule has 5 fully saturated rings. The lowest BCUT2D eigenvalue weighted by molar-refractivity contribution is -0.211. The molecule has 1 unspecified atom stereocenters. The van der Waals surface area contributed by atoms with Gasteiger partial charge < -0.3 is 14.5 Å². The van der Waals surface area contributed by atoms with Crippen molar-refractivity contribution in [1.82, 2.24) is 9.80 Å². The second kappa shape index (κ2) is 6.50. The molecule has 144 valence electrons. The van der Waals surface area contributed by atoms with E-state index >= 15 is 0 Å². The summed E-state index contributed by atoms with van der Waals surface area (Å²) in [5, 5.41) is 0. The van der Waals surface area contributed by atoms with Gasteiger partial charge in [0, 0.05) is 25.0 Å². The van der Waals surface area contributed by atoms with E-state index in [-0.39, 0.29) is 17.6 Å². The number of rotatable bonds is 5. The first-order valence-electron chi connectivity index (χ1n) is 10.9. The molecule has 3 aliphatic carbocycles. The summed E-state index contributed by atoms with van der Waals surface area (Å²) in [6.07, 6.45) is 12.3. The number of hydrogen-bond donors (Lipinski definition) is 0. The van der Waals surface area contributed by atoms with Crippen molar-refractivity contribution in [1.29, 1.82) is 0 Å². The third kappa shape index (κ3) is 2.87. The van der Waals surface area contributed by atoms with Crippen LogP contribution >= 0.6 is 0 Å². The number of carbonyl (C=O) groups is 2. The van der Waals surface area contributed by atoms with Crippen molar-refractivity contribution in [3.05, 3.63) is 0 Å². The van der Waals surface area contributed by atoms with Crippen molar-refractivity contribution >= 4 is 11.8 Å². The molecule has 1 spiro atoms. The van der Waals surface area contributed by atoms with E-state index in [1.165, 1.54) is 32.1 Å². The summed E-state index contributed by atoms with van der Waals surface area (Å²) in [5.41, 5.74) is -0.0302.